The monoisotopic (exact) mass is 478 g/mol. The Morgan fingerprint density at radius 1 is 0.818 bits per heavy atom. The SMILES string of the molecule is CCSc1ccc2cc(Cl)c(N(Cc3ccc(OC)cc3)Cc3ccc(OC)cc3)nc2c1. The van der Waals surface area contributed by atoms with E-state index in [2.05, 4.69) is 54.3 Å². The number of thioether (sulfide) groups is 1. The Kier molecular flexibility index (Phi) is 7.63. The van der Waals surface area contributed by atoms with Crippen molar-refractivity contribution in [3.63, 3.8) is 0 Å². The third kappa shape index (κ3) is 5.73. The van der Waals surface area contributed by atoms with Crippen LogP contribution in [-0.2, 0) is 13.1 Å². The highest BCUT2D eigenvalue weighted by Gasteiger charge is 2.16. The fourth-order valence-electron chi connectivity index (χ4n) is 3.70. The van der Waals surface area contributed by atoms with Gasteiger partial charge in [0.05, 0.1) is 24.8 Å². The van der Waals surface area contributed by atoms with Crippen LogP contribution in [0.25, 0.3) is 10.9 Å². The first-order chi connectivity index (χ1) is 16.1. The first-order valence-electron chi connectivity index (χ1n) is 10.8. The third-order valence-corrected chi connectivity index (χ3v) is 6.55. The number of rotatable bonds is 9. The summed E-state index contributed by atoms with van der Waals surface area (Å²) in [5.41, 5.74) is 3.25. The molecule has 1 heterocycles. The molecule has 0 saturated heterocycles. The smallest absolute Gasteiger partial charge is 0.148 e. The lowest BCUT2D eigenvalue weighted by molar-refractivity contribution is 0.414. The minimum atomic E-state index is 0.639. The van der Waals surface area contributed by atoms with Crippen molar-refractivity contribution in [3.05, 3.63) is 88.9 Å². The summed E-state index contributed by atoms with van der Waals surface area (Å²) in [6.45, 7) is 3.48. The van der Waals surface area contributed by atoms with Crippen molar-refractivity contribution in [2.24, 2.45) is 0 Å². The Morgan fingerprint density at radius 3 is 1.91 bits per heavy atom. The van der Waals surface area contributed by atoms with E-state index >= 15 is 0 Å². The number of anilines is 1. The quantitative estimate of drug-likeness (QED) is 0.237. The van der Waals surface area contributed by atoms with Crippen LogP contribution in [-0.4, -0.2) is 25.0 Å². The Balaban J connectivity index is 1.72. The number of pyridine rings is 1. The van der Waals surface area contributed by atoms with Gasteiger partial charge in [0.25, 0.3) is 0 Å². The number of fused-ring (bicyclic) bond motifs is 1. The maximum absolute atomic E-state index is 6.78. The number of ether oxygens (including phenoxy) is 2. The summed E-state index contributed by atoms with van der Waals surface area (Å²) in [5.74, 6) is 3.47. The van der Waals surface area contributed by atoms with E-state index in [1.165, 1.54) is 4.90 Å². The van der Waals surface area contributed by atoms with Crippen molar-refractivity contribution in [1.29, 1.82) is 0 Å². The zero-order valence-corrected chi connectivity index (χ0v) is 20.6. The van der Waals surface area contributed by atoms with Gasteiger partial charge in [-0.05, 0) is 59.3 Å². The van der Waals surface area contributed by atoms with Crippen LogP contribution in [0, 0.1) is 0 Å². The summed E-state index contributed by atoms with van der Waals surface area (Å²) in [5, 5.41) is 1.68. The summed E-state index contributed by atoms with van der Waals surface area (Å²) in [6.07, 6.45) is 0. The number of hydrogen-bond donors (Lipinski definition) is 0. The molecule has 4 rings (SSSR count). The molecule has 0 unspecified atom stereocenters. The molecular formula is C27H27ClN2O2S. The molecule has 0 fully saturated rings. The predicted octanol–water partition coefficient (Wildman–Crippen LogP) is 7.22. The van der Waals surface area contributed by atoms with E-state index in [0.717, 1.165) is 45.1 Å². The number of nitrogens with zero attached hydrogens (tertiary/aromatic N) is 2. The van der Waals surface area contributed by atoms with Gasteiger partial charge < -0.3 is 14.4 Å². The molecule has 4 nitrogen and oxygen atoms in total. The Morgan fingerprint density at radius 2 is 1.39 bits per heavy atom. The van der Waals surface area contributed by atoms with Crippen molar-refractivity contribution >= 4 is 40.1 Å². The third-order valence-electron chi connectivity index (χ3n) is 5.40. The Bertz CT molecular complexity index is 1160. The Hall–Kier alpha value is -2.89. The molecule has 0 radical (unpaired) electrons. The van der Waals surface area contributed by atoms with Gasteiger partial charge >= 0.3 is 0 Å². The van der Waals surface area contributed by atoms with Crippen molar-refractivity contribution in [2.45, 2.75) is 24.9 Å². The average molecular weight is 479 g/mol. The molecular weight excluding hydrogens is 452 g/mol. The van der Waals surface area contributed by atoms with E-state index in [4.69, 9.17) is 26.1 Å². The van der Waals surface area contributed by atoms with Gasteiger partial charge in [0.1, 0.15) is 17.3 Å². The summed E-state index contributed by atoms with van der Waals surface area (Å²) >= 11 is 8.59. The van der Waals surface area contributed by atoms with Crippen LogP contribution in [0.5, 0.6) is 11.5 Å². The van der Waals surface area contributed by atoms with Crippen LogP contribution in [0.3, 0.4) is 0 Å². The predicted molar refractivity (Wildman–Crippen MR) is 139 cm³/mol. The zero-order valence-electron chi connectivity index (χ0n) is 19.0. The van der Waals surface area contributed by atoms with Gasteiger partial charge in [-0.15, -0.1) is 11.8 Å². The molecule has 0 bridgehead atoms. The van der Waals surface area contributed by atoms with Crippen LogP contribution < -0.4 is 14.4 Å². The molecule has 0 amide bonds. The highest BCUT2D eigenvalue weighted by Crippen LogP contribution is 2.32. The molecule has 0 saturated carbocycles. The zero-order chi connectivity index (χ0) is 23.2. The molecule has 4 aromatic rings. The van der Waals surface area contributed by atoms with E-state index < -0.39 is 0 Å². The van der Waals surface area contributed by atoms with Gasteiger partial charge in [-0.1, -0.05) is 48.9 Å². The molecule has 1 aromatic heterocycles. The van der Waals surface area contributed by atoms with Crippen LogP contribution in [0.4, 0.5) is 5.82 Å². The maximum atomic E-state index is 6.78. The lowest BCUT2D eigenvalue weighted by Crippen LogP contribution is -2.23. The van der Waals surface area contributed by atoms with Crippen LogP contribution in [0.15, 0.2) is 77.7 Å². The molecule has 33 heavy (non-hydrogen) atoms. The molecule has 0 aliphatic rings. The van der Waals surface area contributed by atoms with Gasteiger partial charge in [-0.3, -0.25) is 0 Å². The van der Waals surface area contributed by atoms with Gasteiger partial charge in [-0.25, -0.2) is 4.98 Å². The number of hydrogen-bond acceptors (Lipinski definition) is 5. The standard InChI is InChI=1S/C27H27ClN2O2S/c1-4-33-24-14-9-21-15-25(28)27(29-26(21)16-24)30(17-19-5-10-22(31-2)11-6-19)18-20-7-12-23(32-3)13-8-20/h5-16H,4,17-18H2,1-3H3. The second-order valence-electron chi connectivity index (χ2n) is 7.63. The van der Waals surface area contributed by atoms with Crippen molar-refractivity contribution < 1.29 is 9.47 Å². The second kappa shape index (κ2) is 10.8. The van der Waals surface area contributed by atoms with E-state index in [0.29, 0.717) is 18.1 Å². The van der Waals surface area contributed by atoms with Gasteiger partial charge in [-0.2, -0.15) is 0 Å². The van der Waals surface area contributed by atoms with Crippen molar-refractivity contribution in [1.82, 2.24) is 4.98 Å². The largest absolute Gasteiger partial charge is 0.497 e. The maximum Gasteiger partial charge on any atom is 0.148 e. The number of halogens is 1. The number of aromatic nitrogens is 1. The lowest BCUT2D eigenvalue weighted by atomic mass is 10.1. The summed E-state index contributed by atoms with van der Waals surface area (Å²) in [7, 11) is 3.35. The van der Waals surface area contributed by atoms with E-state index in [1.54, 1.807) is 14.2 Å². The van der Waals surface area contributed by atoms with Crippen LogP contribution in [0.1, 0.15) is 18.1 Å². The summed E-state index contributed by atoms with van der Waals surface area (Å²) < 4.78 is 10.6. The second-order valence-corrected chi connectivity index (χ2v) is 9.38. The molecule has 0 atom stereocenters. The van der Waals surface area contributed by atoms with E-state index in [1.807, 2.05) is 42.1 Å². The van der Waals surface area contributed by atoms with Crippen LogP contribution >= 0.6 is 23.4 Å². The fourth-order valence-corrected chi connectivity index (χ4v) is 4.67. The van der Waals surface area contributed by atoms with Gasteiger partial charge in [0, 0.05) is 23.4 Å². The lowest BCUT2D eigenvalue weighted by Gasteiger charge is -2.26. The van der Waals surface area contributed by atoms with Gasteiger partial charge in [0.15, 0.2) is 0 Å². The first-order valence-corrected chi connectivity index (χ1v) is 12.2. The normalized spacial score (nSPS) is 10.9. The van der Waals surface area contributed by atoms with E-state index in [-0.39, 0.29) is 0 Å². The fraction of sp³-hybridized carbons (Fsp3) is 0.222. The molecule has 0 aliphatic heterocycles. The van der Waals surface area contributed by atoms with Crippen molar-refractivity contribution in [3.8, 4) is 11.5 Å². The minimum absolute atomic E-state index is 0.639. The molecule has 6 heteroatoms. The molecule has 0 N–H and O–H groups in total. The van der Waals surface area contributed by atoms with Crippen LogP contribution in [0.2, 0.25) is 5.02 Å². The van der Waals surface area contributed by atoms with Crippen molar-refractivity contribution in [2.75, 3.05) is 24.9 Å². The van der Waals surface area contributed by atoms with E-state index in [9.17, 15) is 0 Å². The molecule has 0 aliphatic carbocycles. The number of benzene rings is 3. The molecule has 0 spiro atoms. The van der Waals surface area contributed by atoms with Gasteiger partial charge in [0.2, 0.25) is 0 Å². The topological polar surface area (TPSA) is 34.6 Å². The Labute approximate surface area is 204 Å². The minimum Gasteiger partial charge on any atom is -0.497 e. The summed E-state index contributed by atoms with van der Waals surface area (Å²) in [4.78, 5) is 8.43. The first kappa shape index (κ1) is 23.3. The summed E-state index contributed by atoms with van der Waals surface area (Å²) in [6, 6.07) is 24.6. The molecule has 170 valence electrons. The number of methoxy groups -OCH3 is 2. The molecule has 3 aromatic carbocycles. The highest BCUT2D eigenvalue weighted by atomic mass is 35.5. The highest BCUT2D eigenvalue weighted by molar-refractivity contribution is 7.99. The average Bonchev–Trinajstić information content (AvgIpc) is 2.84.